The third kappa shape index (κ3) is 5.93. The molecule has 0 aromatic heterocycles. The molecule has 1 N–H and O–H groups in total. The minimum atomic E-state index is -0.588. The van der Waals surface area contributed by atoms with Crippen molar-refractivity contribution in [2.45, 2.75) is 58.7 Å². The molecular weight excluding hydrogens is 408 g/mol. The summed E-state index contributed by atoms with van der Waals surface area (Å²) in [6.45, 7) is 6.32. The zero-order valence-corrected chi connectivity index (χ0v) is 19.2. The van der Waals surface area contributed by atoms with Crippen LogP contribution >= 0.6 is 0 Å². The number of benzene rings is 2. The fourth-order valence-electron chi connectivity index (χ4n) is 3.47. The lowest BCUT2D eigenvalue weighted by atomic mass is 10.1. The first-order valence-corrected chi connectivity index (χ1v) is 11.0. The summed E-state index contributed by atoms with van der Waals surface area (Å²) < 4.78 is 16.0. The SMILES string of the molecule is CCC(C)NC(=O)C(C)N(Cc1ccc(OC)cc1)C(=O)CCc1ccc2c(c1)OCO2. The Morgan fingerprint density at radius 3 is 2.44 bits per heavy atom. The van der Waals surface area contributed by atoms with E-state index in [2.05, 4.69) is 5.32 Å². The van der Waals surface area contributed by atoms with Crippen molar-refractivity contribution in [1.29, 1.82) is 0 Å². The fraction of sp³-hybridized carbons (Fsp3) is 0.440. The number of rotatable bonds is 10. The third-order valence-corrected chi connectivity index (χ3v) is 5.74. The maximum atomic E-state index is 13.2. The first-order chi connectivity index (χ1) is 15.4. The molecule has 0 radical (unpaired) electrons. The first-order valence-electron chi connectivity index (χ1n) is 11.0. The number of carbonyl (C=O) groups is 2. The van der Waals surface area contributed by atoms with E-state index in [9.17, 15) is 9.59 Å². The van der Waals surface area contributed by atoms with E-state index < -0.39 is 6.04 Å². The van der Waals surface area contributed by atoms with Gasteiger partial charge in [0.15, 0.2) is 11.5 Å². The van der Waals surface area contributed by atoms with Crippen LogP contribution in [-0.4, -0.2) is 42.7 Å². The van der Waals surface area contributed by atoms with Crippen LogP contribution in [0.15, 0.2) is 42.5 Å². The van der Waals surface area contributed by atoms with Crippen molar-refractivity contribution >= 4 is 11.8 Å². The second kappa shape index (κ2) is 10.9. The smallest absolute Gasteiger partial charge is 0.242 e. The number of carbonyl (C=O) groups excluding carboxylic acids is 2. The number of nitrogens with one attached hydrogen (secondary N) is 1. The van der Waals surface area contributed by atoms with Gasteiger partial charge in [-0.1, -0.05) is 25.1 Å². The Morgan fingerprint density at radius 1 is 1.06 bits per heavy atom. The first kappa shape index (κ1) is 23.4. The number of hydrogen-bond acceptors (Lipinski definition) is 5. The van der Waals surface area contributed by atoms with Crippen molar-refractivity contribution in [3.05, 3.63) is 53.6 Å². The van der Waals surface area contributed by atoms with Crippen molar-refractivity contribution in [2.24, 2.45) is 0 Å². The normalized spacial score (nSPS) is 13.9. The minimum Gasteiger partial charge on any atom is -0.497 e. The molecule has 0 aliphatic carbocycles. The van der Waals surface area contributed by atoms with Gasteiger partial charge in [-0.3, -0.25) is 9.59 Å². The molecule has 0 saturated heterocycles. The van der Waals surface area contributed by atoms with Gasteiger partial charge in [0.05, 0.1) is 7.11 Å². The number of ether oxygens (including phenoxy) is 3. The molecule has 7 heteroatoms. The summed E-state index contributed by atoms with van der Waals surface area (Å²) in [5.74, 6) is 1.94. The second-order valence-electron chi connectivity index (χ2n) is 8.05. The molecule has 0 spiro atoms. The highest BCUT2D eigenvalue weighted by atomic mass is 16.7. The van der Waals surface area contributed by atoms with Crippen LogP contribution < -0.4 is 19.5 Å². The molecule has 0 bridgehead atoms. The van der Waals surface area contributed by atoms with Crippen LogP contribution in [0.2, 0.25) is 0 Å². The molecule has 0 fully saturated rings. The molecule has 7 nitrogen and oxygen atoms in total. The average Bonchev–Trinajstić information content (AvgIpc) is 3.28. The van der Waals surface area contributed by atoms with E-state index in [0.29, 0.717) is 18.7 Å². The Bertz CT molecular complexity index is 928. The lowest BCUT2D eigenvalue weighted by Gasteiger charge is -2.30. The van der Waals surface area contributed by atoms with Crippen LogP contribution in [0.1, 0.15) is 44.7 Å². The van der Waals surface area contributed by atoms with E-state index >= 15 is 0 Å². The largest absolute Gasteiger partial charge is 0.497 e. The summed E-state index contributed by atoms with van der Waals surface area (Å²) in [6.07, 6.45) is 1.67. The summed E-state index contributed by atoms with van der Waals surface area (Å²) in [5.41, 5.74) is 1.93. The number of amides is 2. The van der Waals surface area contributed by atoms with Crippen LogP contribution in [0, 0.1) is 0 Å². The molecule has 3 rings (SSSR count). The summed E-state index contributed by atoms with van der Waals surface area (Å²) in [7, 11) is 1.61. The van der Waals surface area contributed by atoms with Gasteiger partial charge in [0.1, 0.15) is 11.8 Å². The number of fused-ring (bicyclic) bond motifs is 1. The van der Waals surface area contributed by atoms with Crippen LogP contribution in [0.25, 0.3) is 0 Å². The Hall–Kier alpha value is -3.22. The zero-order chi connectivity index (χ0) is 23.1. The number of nitrogens with zero attached hydrogens (tertiary/aromatic N) is 1. The highest BCUT2D eigenvalue weighted by Gasteiger charge is 2.26. The lowest BCUT2D eigenvalue weighted by Crippen LogP contribution is -2.49. The molecule has 2 amide bonds. The lowest BCUT2D eigenvalue weighted by molar-refractivity contribution is -0.140. The van der Waals surface area contributed by atoms with Gasteiger partial charge in [-0.2, -0.15) is 0 Å². The van der Waals surface area contributed by atoms with Gasteiger partial charge in [0, 0.05) is 19.0 Å². The molecule has 2 atom stereocenters. The molecule has 172 valence electrons. The Labute approximate surface area is 189 Å². The third-order valence-electron chi connectivity index (χ3n) is 5.74. The van der Waals surface area contributed by atoms with Gasteiger partial charge < -0.3 is 24.4 Å². The van der Waals surface area contributed by atoms with Crippen LogP contribution in [0.3, 0.4) is 0 Å². The van der Waals surface area contributed by atoms with Crippen LogP contribution in [0.5, 0.6) is 17.2 Å². The molecule has 2 aromatic carbocycles. The summed E-state index contributed by atoms with van der Waals surface area (Å²) in [4.78, 5) is 27.7. The fourth-order valence-corrected chi connectivity index (χ4v) is 3.47. The molecule has 2 aromatic rings. The number of aryl methyl sites for hydroxylation is 1. The van der Waals surface area contributed by atoms with E-state index in [4.69, 9.17) is 14.2 Å². The van der Waals surface area contributed by atoms with Crippen LogP contribution in [0.4, 0.5) is 0 Å². The quantitative estimate of drug-likeness (QED) is 0.610. The Balaban J connectivity index is 1.71. The predicted molar refractivity (Wildman–Crippen MR) is 122 cm³/mol. The highest BCUT2D eigenvalue weighted by Crippen LogP contribution is 2.32. The minimum absolute atomic E-state index is 0.0523. The monoisotopic (exact) mass is 440 g/mol. The summed E-state index contributed by atoms with van der Waals surface area (Å²) in [6, 6.07) is 12.7. The van der Waals surface area contributed by atoms with Gasteiger partial charge in [0.2, 0.25) is 18.6 Å². The predicted octanol–water partition coefficient (Wildman–Crippen LogP) is 3.69. The van der Waals surface area contributed by atoms with Gasteiger partial charge in [0.25, 0.3) is 0 Å². The maximum absolute atomic E-state index is 13.2. The molecular formula is C25H32N2O5. The molecule has 1 aliphatic rings. The molecule has 1 aliphatic heterocycles. The van der Waals surface area contributed by atoms with Crippen molar-refractivity contribution in [1.82, 2.24) is 10.2 Å². The number of hydrogen-bond donors (Lipinski definition) is 1. The highest BCUT2D eigenvalue weighted by molar-refractivity contribution is 5.87. The van der Waals surface area contributed by atoms with E-state index in [1.54, 1.807) is 18.9 Å². The maximum Gasteiger partial charge on any atom is 0.242 e. The molecule has 2 unspecified atom stereocenters. The zero-order valence-electron chi connectivity index (χ0n) is 19.2. The van der Waals surface area contributed by atoms with Crippen molar-refractivity contribution in [3.63, 3.8) is 0 Å². The standard InChI is InChI=1S/C25H32N2O5/c1-5-17(2)26-25(29)18(3)27(15-20-6-10-21(30-4)11-7-20)24(28)13-9-19-8-12-22-23(14-19)32-16-31-22/h6-8,10-12,14,17-18H,5,9,13,15-16H2,1-4H3,(H,26,29). The summed E-state index contributed by atoms with van der Waals surface area (Å²) >= 11 is 0. The van der Waals surface area contributed by atoms with Crippen molar-refractivity contribution in [2.75, 3.05) is 13.9 Å². The van der Waals surface area contributed by atoms with E-state index in [0.717, 1.165) is 29.0 Å². The average molecular weight is 441 g/mol. The van der Waals surface area contributed by atoms with Gasteiger partial charge in [-0.25, -0.2) is 0 Å². The van der Waals surface area contributed by atoms with E-state index in [1.165, 1.54) is 0 Å². The number of methoxy groups -OCH3 is 1. The molecule has 32 heavy (non-hydrogen) atoms. The summed E-state index contributed by atoms with van der Waals surface area (Å²) in [5, 5.41) is 2.99. The van der Waals surface area contributed by atoms with Gasteiger partial charge in [-0.15, -0.1) is 0 Å². The van der Waals surface area contributed by atoms with Crippen molar-refractivity contribution < 1.29 is 23.8 Å². The topological polar surface area (TPSA) is 77.1 Å². The van der Waals surface area contributed by atoms with E-state index in [-0.39, 0.29) is 31.1 Å². The second-order valence-corrected chi connectivity index (χ2v) is 8.05. The molecule has 0 saturated carbocycles. The van der Waals surface area contributed by atoms with Crippen molar-refractivity contribution in [3.8, 4) is 17.2 Å². The van der Waals surface area contributed by atoms with E-state index in [1.807, 2.05) is 56.3 Å². The van der Waals surface area contributed by atoms with Gasteiger partial charge >= 0.3 is 0 Å². The van der Waals surface area contributed by atoms with Crippen LogP contribution in [-0.2, 0) is 22.6 Å². The molecule has 1 heterocycles. The Morgan fingerprint density at radius 2 is 1.75 bits per heavy atom. The Kier molecular flexibility index (Phi) is 7.98. The van der Waals surface area contributed by atoms with Gasteiger partial charge in [-0.05, 0) is 62.1 Å².